The van der Waals surface area contributed by atoms with E-state index in [-0.39, 0.29) is 24.4 Å². The molecule has 4 rings (SSSR count). The van der Waals surface area contributed by atoms with Crippen molar-refractivity contribution in [3.8, 4) is 11.5 Å². The molecule has 0 saturated carbocycles. The highest BCUT2D eigenvalue weighted by molar-refractivity contribution is 5.78. The van der Waals surface area contributed by atoms with E-state index >= 15 is 0 Å². The third kappa shape index (κ3) is 4.22. The van der Waals surface area contributed by atoms with Crippen molar-refractivity contribution >= 4 is 5.91 Å². The number of hydrogen-bond donors (Lipinski definition) is 1. The van der Waals surface area contributed by atoms with Crippen molar-refractivity contribution in [3.05, 3.63) is 59.4 Å². The molecule has 1 fully saturated rings. The van der Waals surface area contributed by atoms with Gasteiger partial charge in [-0.25, -0.2) is 4.39 Å². The van der Waals surface area contributed by atoms with Crippen LogP contribution in [0.3, 0.4) is 0 Å². The van der Waals surface area contributed by atoms with Gasteiger partial charge in [-0.15, -0.1) is 0 Å². The Hall–Kier alpha value is -2.60. The number of nitrogens with one attached hydrogen (secondary N) is 1. The van der Waals surface area contributed by atoms with E-state index in [4.69, 9.17) is 9.47 Å². The number of fused-ring (bicyclic) bond motifs is 1. The predicted octanol–water partition coefficient (Wildman–Crippen LogP) is 3.08. The topological polar surface area (TPSA) is 50.8 Å². The smallest absolute Gasteiger partial charge is 0.231 e. The molecule has 2 heterocycles. The third-order valence-electron chi connectivity index (χ3n) is 5.21. The zero-order valence-corrected chi connectivity index (χ0v) is 15.1. The molecule has 0 unspecified atom stereocenters. The summed E-state index contributed by atoms with van der Waals surface area (Å²) in [6.45, 7) is 2.92. The first-order chi connectivity index (χ1) is 13.2. The SMILES string of the molecule is O=C(NCc1ccc2c(c1)OCO2)C1CCN(Cc2ccccc2F)CC1. The van der Waals surface area contributed by atoms with Gasteiger partial charge in [0, 0.05) is 24.6 Å². The van der Waals surface area contributed by atoms with E-state index in [1.54, 1.807) is 6.07 Å². The lowest BCUT2D eigenvalue weighted by Crippen LogP contribution is -2.40. The first-order valence-electron chi connectivity index (χ1n) is 9.31. The van der Waals surface area contributed by atoms with Gasteiger partial charge in [-0.1, -0.05) is 24.3 Å². The van der Waals surface area contributed by atoms with Gasteiger partial charge >= 0.3 is 0 Å². The van der Waals surface area contributed by atoms with Crippen LogP contribution in [0.15, 0.2) is 42.5 Å². The number of carbonyl (C=O) groups excluding carboxylic acids is 1. The summed E-state index contributed by atoms with van der Waals surface area (Å²) < 4.78 is 24.4. The largest absolute Gasteiger partial charge is 0.454 e. The summed E-state index contributed by atoms with van der Waals surface area (Å²) in [6, 6.07) is 12.6. The zero-order valence-electron chi connectivity index (χ0n) is 15.1. The number of piperidine rings is 1. The van der Waals surface area contributed by atoms with E-state index in [0.717, 1.165) is 43.0 Å². The van der Waals surface area contributed by atoms with Crippen molar-refractivity contribution in [2.45, 2.75) is 25.9 Å². The Bertz CT molecular complexity index is 819. The van der Waals surface area contributed by atoms with Gasteiger partial charge in [0.25, 0.3) is 0 Å². The standard InChI is InChI=1S/C21H23FN2O3/c22-18-4-2-1-3-17(18)13-24-9-7-16(8-10-24)21(25)23-12-15-5-6-19-20(11-15)27-14-26-19/h1-6,11,16H,7-10,12-14H2,(H,23,25). The van der Waals surface area contributed by atoms with Crippen LogP contribution < -0.4 is 14.8 Å². The molecule has 1 amide bonds. The first kappa shape index (κ1) is 17.8. The number of benzene rings is 2. The van der Waals surface area contributed by atoms with E-state index in [1.165, 1.54) is 6.07 Å². The summed E-state index contributed by atoms with van der Waals surface area (Å²) in [5.74, 6) is 1.39. The average Bonchev–Trinajstić information content (AvgIpc) is 3.16. The second-order valence-corrected chi connectivity index (χ2v) is 7.05. The number of rotatable bonds is 5. The maximum atomic E-state index is 13.8. The number of nitrogens with zero attached hydrogens (tertiary/aromatic N) is 1. The molecule has 5 nitrogen and oxygen atoms in total. The number of likely N-dealkylation sites (tertiary alicyclic amines) is 1. The lowest BCUT2D eigenvalue weighted by atomic mass is 9.95. The number of hydrogen-bond acceptors (Lipinski definition) is 4. The molecular formula is C21H23FN2O3. The molecule has 2 aromatic carbocycles. The Morgan fingerprint density at radius 3 is 2.70 bits per heavy atom. The molecule has 0 aliphatic carbocycles. The Kier molecular flexibility index (Phi) is 5.25. The van der Waals surface area contributed by atoms with Crippen LogP contribution in [-0.4, -0.2) is 30.7 Å². The van der Waals surface area contributed by atoms with Crippen molar-refractivity contribution < 1.29 is 18.7 Å². The highest BCUT2D eigenvalue weighted by Crippen LogP contribution is 2.32. The van der Waals surface area contributed by atoms with Crippen LogP contribution in [-0.2, 0) is 17.9 Å². The molecule has 0 aromatic heterocycles. The molecule has 0 spiro atoms. The van der Waals surface area contributed by atoms with Crippen LogP contribution in [0, 0.1) is 11.7 Å². The summed E-state index contributed by atoms with van der Waals surface area (Å²) in [4.78, 5) is 14.7. The minimum Gasteiger partial charge on any atom is -0.454 e. The second kappa shape index (κ2) is 7.96. The highest BCUT2D eigenvalue weighted by Gasteiger charge is 2.25. The molecule has 27 heavy (non-hydrogen) atoms. The Morgan fingerprint density at radius 1 is 1.11 bits per heavy atom. The fourth-order valence-corrected chi connectivity index (χ4v) is 3.61. The lowest BCUT2D eigenvalue weighted by Gasteiger charge is -2.31. The molecule has 2 aliphatic rings. The third-order valence-corrected chi connectivity index (χ3v) is 5.21. The fourth-order valence-electron chi connectivity index (χ4n) is 3.61. The van der Waals surface area contributed by atoms with Crippen molar-refractivity contribution in [1.29, 1.82) is 0 Å². The summed E-state index contributed by atoms with van der Waals surface area (Å²) in [6.07, 6.45) is 1.59. The van der Waals surface area contributed by atoms with Crippen molar-refractivity contribution in [2.75, 3.05) is 19.9 Å². The van der Waals surface area contributed by atoms with Gasteiger partial charge in [0.15, 0.2) is 11.5 Å². The Labute approximate surface area is 158 Å². The van der Waals surface area contributed by atoms with Crippen LogP contribution >= 0.6 is 0 Å². The summed E-state index contributed by atoms with van der Waals surface area (Å²) in [7, 11) is 0. The highest BCUT2D eigenvalue weighted by atomic mass is 19.1. The van der Waals surface area contributed by atoms with Gasteiger partial charge in [-0.2, -0.15) is 0 Å². The molecule has 142 valence electrons. The van der Waals surface area contributed by atoms with Gasteiger partial charge in [0.1, 0.15) is 5.82 Å². The van der Waals surface area contributed by atoms with Crippen molar-refractivity contribution in [3.63, 3.8) is 0 Å². The molecule has 0 atom stereocenters. The minimum atomic E-state index is -0.166. The number of amides is 1. The van der Waals surface area contributed by atoms with E-state index in [9.17, 15) is 9.18 Å². The van der Waals surface area contributed by atoms with E-state index in [2.05, 4.69) is 10.2 Å². The van der Waals surface area contributed by atoms with E-state index in [0.29, 0.717) is 18.7 Å². The summed E-state index contributed by atoms with van der Waals surface area (Å²) >= 11 is 0. The number of halogens is 1. The quantitative estimate of drug-likeness (QED) is 0.879. The Balaban J connectivity index is 1.24. The molecule has 2 aromatic rings. The summed E-state index contributed by atoms with van der Waals surface area (Å²) in [5.41, 5.74) is 1.70. The van der Waals surface area contributed by atoms with Crippen LogP contribution in [0.25, 0.3) is 0 Å². The van der Waals surface area contributed by atoms with Crippen LogP contribution in [0.4, 0.5) is 4.39 Å². The fraction of sp³-hybridized carbons (Fsp3) is 0.381. The maximum Gasteiger partial charge on any atom is 0.231 e. The van der Waals surface area contributed by atoms with Gasteiger partial charge in [0.2, 0.25) is 12.7 Å². The van der Waals surface area contributed by atoms with Gasteiger partial charge in [0.05, 0.1) is 0 Å². The van der Waals surface area contributed by atoms with Crippen LogP contribution in [0.1, 0.15) is 24.0 Å². The molecule has 2 aliphatic heterocycles. The van der Waals surface area contributed by atoms with E-state index in [1.807, 2.05) is 30.3 Å². The molecule has 6 heteroatoms. The number of ether oxygens (including phenoxy) is 2. The van der Waals surface area contributed by atoms with Crippen molar-refractivity contribution in [1.82, 2.24) is 10.2 Å². The predicted molar refractivity (Wildman–Crippen MR) is 98.8 cm³/mol. The van der Waals surface area contributed by atoms with Gasteiger partial charge in [-0.3, -0.25) is 9.69 Å². The summed E-state index contributed by atoms with van der Waals surface area (Å²) in [5, 5.41) is 3.02. The van der Waals surface area contributed by atoms with Crippen molar-refractivity contribution in [2.24, 2.45) is 5.92 Å². The lowest BCUT2D eigenvalue weighted by molar-refractivity contribution is -0.126. The van der Waals surface area contributed by atoms with Crippen LogP contribution in [0.5, 0.6) is 11.5 Å². The average molecular weight is 370 g/mol. The molecule has 1 N–H and O–H groups in total. The normalized spacial score (nSPS) is 17.1. The molecule has 0 radical (unpaired) electrons. The Morgan fingerprint density at radius 2 is 1.89 bits per heavy atom. The maximum absolute atomic E-state index is 13.8. The molecule has 0 bridgehead atoms. The number of carbonyl (C=O) groups is 1. The van der Waals surface area contributed by atoms with Crippen LogP contribution in [0.2, 0.25) is 0 Å². The first-order valence-corrected chi connectivity index (χ1v) is 9.31. The minimum absolute atomic E-state index is 0.0101. The van der Waals surface area contributed by atoms with E-state index < -0.39 is 0 Å². The molecule has 1 saturated heterocycles. The molecular weight excluding hydrogens is 347 g/mol. The van der Waals surface area contributed by atoms with Gasteiger partial charge < -0.3 is 14.8 Å². The van der Waals surface area contributed by atoms with Gasteiger partial charge in [-0.05, 0) is 49.7 Å². The second-order valence-electron chi connectivity index (χ2n) is 7.05. The monoisotopic (exact) mass is 370 g/mol. The zero-order chi connectivity index (χ0) is 18.6.